The van der Waals surface area contributed by atoms with Crippen LogP contribution < -0.4 is 10.6 Å². The lowest BCUT2D eigenvalue weighted by Crippen LogP contribution is -2.30. The Kier molecular flexibility index (Phi) is 6.74. The van der Waals surface area contributed by atoms with Gasteiger partial charge in [0.15, 0.2) is 0 Å². The number of amides is 1. The average Bonchev–Trinajstić information content (AvgIpc) is 2.37. The molecule has 94 valence electrons. The first kappa shape index (κ1) is 14.1. The summed E-state index contributed by atoms with van der Waals surface area (Å²) >= 11 is 1.57. The SMILES string of the molecule is CNCCCNC(=O)C(SC)c1ccccc1. The summed E-state index contributed by atoms with van der Waals surface area (Å²) in [6, 6.07) is 9.88. The van der Waals surface area contributed by atoms with E-state index in [0.717, 1.165) is 25.1 Å². The normalized spacial score (nSPS) is 12.1. The molecule has 0 aromatic heterocycles. The van der Waals surface area contributed by atoms with Crippen molar-refractivity contribution in [2.75, 3.05) is 26.4 Å². The second-order valence-electron chi connectivity index (χ2n) is 3.77. The summed E-state index contributed by atoms with van der Waals surface area (Å²) in [5.74, 6) is 0.0970. The molecule has 0 bridgehead atoms. The number of hydrogen-bond acceptors (Lipinski definition) is 3. The summed E-state index contributed by atoms with van der Waals surface area (Å²) in [6.45, 7) is 1.65. The largest absolute Gasteiger partial charge is 0.355 e. The average molecular weight is 252 g/mol. The van der Waals surface area contributed by atoms with Gasteiger partial charge in [0.25, 0.3) is 0 Å². The monoisotopic (exact) mass is 252 g/mol. The molecule has 1 unspecified atom stereocenters. The zero-order valence-electron chi connectivity index (χ0n) is 10.4. The second-order valence-corrected chi connectivity index (χ2v) is 4.72. The third-order valence-corrected chi connectivity index (χ3v) is 3.44. The first-order valence-corrected chi connectivity index (χ1v) is 7.08. The van der Waals surface area contributed by atoms with E-state index in [2.05, 4.69) is 10.6 Å². The van der Waals surface area contributed by atoms with E-state index in [4.69, 9.17) is 0 Å². The Balaban J connectivity index is 2.48. The van der Waals surface area contributed by atoms with Gasteiger partial charge >= 0.3 is 0 Å². The maximum atomic E-state index is 12.0. The summed E-state index contributed by atoms with van der Waals surface area (Å²) in [5, 5.41) is 5.92. The minimum atomic E-state index is -0.106. The Morgan fingerprint density at radius 1 is 1.29 bits per heavy atom. The van der Waals surface area contributed by atoms with Gasteiger partial charge < -0.3 is 10.6 Å². The van der Waals surface area contributed by atoms with Crippen LogP contribution in [0.15, 0.2) is 30.3 Å². The number of benzene rings is 1. The number of carbonyl (C=O) groups excluding carboxylic acids is 1. The van der Waals surface area contributed by atoms with Crippen molar-refractivity contribution >= 4 is 17.7 Å². The molecule has 1 amide bonds. The smallest absolute Gasteiger partial charge is 0.237 e. The topological polar surface area (TPSA) is 41.1 Å². The molecular formula is C13H20N2OS. The maximum absolute atomic E-state index is 12.0. The van der Waals surface area contributed by atoms with Crippen molar-refractivity contribution in [3.05, 3.63) is 35.9 Å². The highest BCUT2D eigenvalue weighted by molar-refractivity contribution is 7.99. The number of hydrogen-bond donors (Lipinski definition) is 2. The fourth-order valence-electron chi connectivity index (χ4n) is 1.59. The summed E-state index contributed by atoms with van der Waals surface area (Å²) in [4.78, 5) is 12.0. The highest BCUT2D eigenvalue weighted by Gasteiger charge is 2.18. The predicted molar refractivity (Wildman–Crippen MR) is 74.3 cm³/mol. The zero-order valence-corrected chi connectivity index (χ0v) is 11.2. The van der Waals surface area contributed by atoms with Crippen molar-refractivity contribution in [3.8, 4) is 0 Å². The van der Waals surface area contributed by atoms with E-state index >= 15 is 0 Å². The van der Waals surface area contributed by atoms with Crippen molar-refractivity contribution in [3.63, 3.8) is 0 Å². The molecule has 1 atom stereocenters. The molecule has 1 aromatic rings. The summed E-state index contributed by atoms with van der Waals surface area (Å²) in [6.07, 6.45) is 2.92. The van der Waals surface area contributed by atoms with Crippen LogP contribution >= 0.6 is 11.8 Å². The van der Waals surface area contributed by atoms with E-state index in [1.807, 2.05) is 43.6 Å². The maximum Gasteiger partial charge on any atom is 0.237 e. The van der Waals surface area contributed by atoms with Gasteiger partial charge in [0, 0.05) is 6.54 Å². The van der Waals surface area contributed by atoms with Crippen molar-refractivity contribution < 1.29 is 4.79 Å². The molecule has 0 aliphatic carbocycles. The minimum Gasteiger partial charge on any atom is -0.355 e. The van der Waals surface area contributed by atoms with Gasteiger partial charge in [0.05, 0.1) is 0 Å². The van der Waals surface area contributed by atoms with Crippen molar-refractivity contribution in [1.82, 2.24) is 10.6 Å². The third-order valence-electron chi connectivity index (χ3n) is 2.48. The lowest BCUT2D eigenvalue weighted by atomic mass is 10.1. The van der Waals surface area contributed by atoms with Gasteiger partial charge in [-0.25, -0.2) is 0 Å². The lowest BCUT2D eigenvalue weighted by molar-refractivity contribution is -0.120. The van der Waals surface area contributed by atoms with E-state index in [9.17, 15) is 4.79 Å². The highest BCUT2D eigenvalue weighted by Crippen LogP contribution is 2.26. The molecule has 0 aliphatic rings. The quantitative estimate of drug-likeness (QED) is 0.727. The van der Waals surface area contributed by atoms with Crippen LogP contribution in [0.4, 0.5) is 0 Å². The summed E-state index contributed by atoms with van der Waals surface area (Å²) < 4.78 is 0. The lowest BCUT2D eigenvalue weighted by Gasteiger charge is -2.14. The minimum absolute atomic E-state index is 0.0970. The molecule has 1 rings (SSSR count). The van der Waals surface area contributed by atoms with Crippen LogP contribution in [0.5, 0.6) is 0 Å². The van der Waals surface area contributed by atoms with Gasteiger partial charge in [0.2, 0.25) is 5.91 Å². The van der Waals surface area contributed by atoms with Gasteiger partial charge in [0.1, 0.15) is 5.25 Å². The van der Waals surface area contributed by atoms with E-state index in [0.29, 0.717) is 0 Å². The fraction of sp³-hybridized carbons (Fsp3) is 0.462. The van der Waals surface area contributed by atoms with Gasteiger partial charge in [-0.2, -0.15) is 0 Å². The van der Waals surface area contributed by atoms with Gasteiger partial charge in [-0.15, -0.1) is 11.8 Å². The highest BCUT2D eigenvalue weighted by atomic mass is 32.2. The molecule has 3 nitrogen and oxygen atoms in total. The first-order valence-electron chi connectivity index (χ1n) is 5.79. The van der Waals surface area contributed by atoms with Crippen LogP contribution in [0.2, 0.25) is 0 Å². The molecule has 0 saturated heterocycles. The van der Waals surface area contributed by atoms with Gasteiger partial charge in [-0.05, 0) is 31.8 Å². The Bertz CT molecular complexity index is 329. The summed E-state index contributed by atoms with van der Waals surface area (Å²) in [7, 11) is 1.91. The molecule has 0 saturated carbocycles. The zero-order chi connectivity index (χ0) is 12.5. The number of carbonyl (C=O) groups is 1. The number of nitrogens with one attached hydrogen (secondary N) is 2. The Morgan fingerprint density at radius 3 is 2.59 bits per heavy atom. The molecule has 2 N–H and O–H groups in total. The number of rotatable bonds is 7. The van der Waals surface area contributed by atoms with Crippen LogP contribution in [-0.2, 0) is 4.79 Å². The fourth-order valence-corrected chi connectivity index (χ4v) is 2.32. The molecule has 0 heterocycles. The Morgan fingerprint density at radius 2 is 2.00 bits per heavy atom. The van der Waals surface area contributed by atoms with Crippen molar-refractivity contribution in [2.24, 2.45) is 0 Å². The van der Waals surface area contributed by atoms with E-state index in [1.54, 1.807) is 11.8 Å². The second kappa shape index (κ2) is 8.14. The molecule has 0 aliphatic heterocycles. The molecule has 0 spiro atoms. The van der Waals surface area contributed by atoms with Crippen LogP contribution in [0.1, 0.15) is 17.2 Å². The number of thioether (sulfide) groups is 1. The predicted octanol–water partition coefficient (Wildman–Crippen LogP) is 1.82. The first-order chi connectivity index (χ1) is 8.29. The Labute approximate surface area is 107 Å². The Hall–Kier alpha value is -1.00. The van der Waals surface area contributed by atoms with Crippen molar-refractivity contribution in [2.45, 2.75) is 11.7 Å². The van der Waals surface area contributed by atoms with Crippen LogP contribution in [0.3, 0.4) is 0 Å². The molecule has 4 heteroatoms. The molecule has 0 radical (unpaired) electrons. The molecular weight excluding hydrogens is 232 g/mol. The van der Waals surface area contributed by atoms with Crippen molar-refractivity contribution in [1.29, 1.82) is 0 Å². The summed E-state index contributed by atoms with van der Waals surface area (Å²) in [5.41, 5.74) is 1.06. The molecule has 0 fully saturated rings. The van der Waals surface area contributed by atoms with Gasteiger partial charge in [-0.1, -0.05) is 30.3 Å². The van der Waals surface area contributed by atoms with E-state index in [-0.39, 0.29) is 11.2 Å². The van der Waals surface area contributed by atoms with E-state index in [1.165, 1.54) is 0 Å². The van der Waals surface area contributed by atoms with Crippen LogP contribution in [0.25, 0.3) is 0 Å². The van der Waals surface area contributed by atoms with Crippen LogP contribution in [0, 0.1) is 0 Å². The third kappa shape index (κ3) is 4.79. The molecule has 1 aromatic carbocycles. The standard InChI is InChI=1S/C13H20N2OS/c1-14-9-6-10-15-13(16)12(17-2)11-7-4-3-5-8-11/h3-5,7-8,12,14H,6,9-10H2,1-2H3,(H,15,16). The van der Waals surface area contributed by atoms with Crippen LogP contribution in [-0.4, -0.2) is 32.3 Å². The van der Waals surface area contributed by atoms with Gasteiger partial charge in [-0.3, -0.25) is 4.79 Å². The van der Waals surface area contributed by atoms with E-state index < -0.39 is 0 Å². The molecule has 17 heavy (non-hydrogen) atoms.